The van der Waals surface area contributed by atoms with E-state index >= 15 is 0 Å². The molecule has 3 rings (SSSR count). The molecule has 0 unspecified atom stereocenters. The average molecular weight is 374 g/mol. The number of non-ortho nitro benzene ring substituents is 1. The van der Waals surface area contributed by atoms with E-state index in [4.69, 9.17) is 4.74 Å². The minimum absolute atomic E-state index is 0.0900. The molecule has 1 aromatic carbocycles. The van der Waals surface area contributed by atoms with Gasteiger partial charge in [0.25, 0.3) is 5.69 Å². The summed E-state index contributed by atoms with van der Waals surface area (Å²) >= 11 is 1.30. The highest BCUT2D eigenvalue weighted by molar-refractivity contribution is 8.07. The zero-order valence-corrected chi connectivity index (χ0v) is 15.1. The molecular weight excluding hydrogens is 356 g/mol. The van der Waals surface area contributed by atoms with Crippen molar-refractivity contribution in [2.75, 3.05) is 6.61 Å². The number of ketones is 1. The second kappa shape index (κ2) is 7.74. The molecule has 136 valence electrons. The molecule has 7 nitrogen and oxygen atoms in total. The lowest BCUT2D eigenvalue weighted by Crippen LogP contribution is -2.30. The minimum atomic E-state index is -0.567. The Morgan fingerprint density at radius 1 is 1.23 bits per heavy atom. The Bertz CT molecular complexity index is 826. The zero-order chi connectivity index (χ0) is 18.7. The summed E-state index contributed by atoms with van der Waals surface area (Å²) in [6, 6.07) is 5.37. The fraction of sp³-hybridized carbons (Fsp3) is 0.333. The zero-order valence-electron chi connectivity index (χ0n) is 14.2. The van der Waals surface area contributed by atoms with Crippen molar-refractivity contribution in [3.63, 3.8) is 0 Å². The van der Waals surface area contributed by atoms with Crippen LogP contribution < -0.4 is 5.32 Å². The Balaban J connectivity index is 1.95. The van der Waals surface area contributed by atoms with Gasteiger partial charge in [0.15, 0.2) is 0 Å². The summed E-state index contributed by atoms with van der Waals surface area (Å²) < 4.78 is 5.09. The third-order valence-corrected chi connectivity index (χ3v) is 5.46. The third kappa shape index (κ3) is 3.65. The van der Waals surface area contributed by atoms with Crippen LogP contribution in [0, 0.1) is 10.1 Å². The monoisotopic (exact) mass is 374 g/mol. The number of thioether (sulfide) groups is 1. The first-order chi connectivity index (χ1) is 12.5. The summed E-state index contributed by atoms with van der Waals surface area (Å²) in [5.41, 5.74) is 1.33. The first-order valence-corrected chi connectivity index (χ1v) is 9.20. The Morgan fingerprint density at radius 2 is 1.92 bits per heavy atom. The van der Waals surface area contributed by atoms with Crippen molar-refractivity contribution in [3.8, 4) is 0 Å². The van der Waals surface area contributed by atoms with E-state index < -0.39 is 10.9 Å². The second-order valence-electron chi connectivity index (χ2n) is 5.89. The molecule has 1 aliphatic carbocycles. The molecule has 1 heterocycles. The fourth-order valence-corrected chi connectivity index (χ4v) is 4.09. The summed E-state index contributed by atoms with van der Waals surface area (Å²) in [7, 11) is 0. The van der Waals surface area contributed by atoms with Gasteiger partial charge >= 0.3 is 5.97 Å². The number of carbonyl (C=O) groups excluding carboxylic acids is 2. The van der Waals surface area contributed by atoms with Crippen LogP contribution in [0.3, 0.4) is 0 Å². The molecule has 2 aliphatic rings. The maximum atomic E-state index is 13.0. The Hall–Kier alpha value is -2.61. The SMILES string of the molecule is CCOC(=O)C1=C(C(=O)c2ccc([N+](=O)[O-])cc2)SC2=C(CCCC2)N1. The van der Waals surface area contributed by atoms with Crippen molar-refractivity contribution >= 4 is 29.2 Å². The van der Waals surface area contributed by atoms with Gasteiger partial charge in [-0.15, -0.1) is 0 Å². The third-order valence-electron chi connectivity index (χ3n) is 4.17. The van der Waals surface area contributed by atoms with Crippen LogP contribution in [0.2, 0.25) is 0 Å². The van der Waals surface area contributed by atoms with Crippen LogP contribution in [0.1, 0.15) is 43.0 Å². The van der Waals surface area contributed by atoms with Crippen molar-refractivity contribution in [2.24, 2.45) is 0 Å². The summed E-state index contributed by atoms with van der Waals surface area (Å²) in [5.74, 6) is -0.917. The van der Waals surface area contributed by atoms with Crippen LogP contribution in [0.15, 0.2) is 45.5 Å². The van der Waals surface area contributed by atoms with E-state index in [9.17, 15) is 19.7 Å². The number of allylic oxidation sites excluding steroid dienone is 3. The maximum Gasteiger partial charge on any atom is 0.356 e. The predicted molar refractivity (Wildman–Crippen MR) is 97.3 cm³/mol. The van der Waals surface area contributed by atoms with E-state index in [1.54, 1.807) is 6.92 Å². The van der Waals surface area contributed by atoms with Gasteiger partial charge in [-0.25, -0.2) is 4.79 Å². The highest BCUT2D eigenvalue weighted by atomic mass is 32.2. The van der Waals surface area contributed by atoms with Crippen LogP contribution >= 0.6 is 11.8 Å². The number of ether oxygens (including phenoxy) is 1. The normalized spacial score (nSPS) is 16.7. The average Bonchev–Trinajstić information content (AvgIpc) is 2.66. The molecule has 0 saturated heterocycles. The van der Waals surface area contributed by atoms with Crippen LogP contribution in [0.25, 0.3) is 0 Å². The Labute approximate surface area is 154 Å². The van der Waals surface area contributed by atoms with Crippen molar-refractivity contribution in [1.29, 1.82) is 0 Å². The van der Waals surface area contributed by atoms with Crippen molar-refractivity contribution in [3.05, 3.63) is 61.1 Å². The van der Waals surface area contributed by atoms with E-state index in [-0.39, 0.29) is 28.7 Å². The lowest BCUT2D eigenvalue weighted by Gasteiger charge is -2.28. The predicted octanol–water partition coefficient (Wildman–Crippen LogP) is 3.67. The molecule has 1 aromatic rings. The molecule has 0 radical (unpaired) electrons. The van der Waals surface area contributed by atoms with Gasteiger partial charge < -0.3 is 10.1 Å². The molecular formula is C18H18N2O5S. The van der Waals surface area contributed by atoms with E-state index in [2.05, 4.69) is 5.32 Å². The van der Waals surface area contributed by atoms with Crippen molar-refractivity contribution < 1.29 is 19.2 Å². The van der Waals surface area contributed by atoms with Gasteiger partial charge in [0, 0.05) is 28.3 Å². The topological polar surface area (TPSA) is 98.5 Å². The van der Waals surface area contributed by atoms with Crippen molar-refractivity contribution in [1.82, 2.24) is 5.32 Å². The number of nitrogens with zero attached hydrogens (tertiary/aromatic N) is 1. The van der Waals surface area contributed by atoms with Gasteiger partial charge in [-0.05, 0) is 44.7 Å². The highest BCUT2D eigenvalue weighted by Gasteiger charge is 2.31. The molecule has 1 aliphatic heterocycles. The summed E-state index contributed by atoms with van der Waals surface area (Å²) in [5, 5.41) is 13.9. The number of nitrogens with one attached hydrogen (secondary N) is 1. The number of hydrogen-bond donors (Lipinski definition) is 1. The summed E-state index contributed by atoms with van der Waals surface area (Å²) in [6.07, 6.45) is 3.78. The van der Waals surface area contributed by atoms with Crippen LogP contribution in [0.4, 0.5) is 5.69 Å². The first kappa shape index (κ1) is 18.2. The first-order valence-electron chi connectivity index (χ1n) is 8.38. The molecule has 8 heteroatoms. The number of rotatable bonds is 5. The molecule has 0 saturated carbocycles. The van der Waals surface area contributed by atoms with Crippen LogP contribution in [-0.4, -0.2) is 23.3 Å². The van der Waals surface area contributed by atoms with Gasteiger partial charge in [0.05, 0.1) is 16.4 Å². The summed E-state index contributed by atoms with van der Waals surface area (Å²) in [4.78, 5) is 36.9. The molecule has 0 amide bonds. The summed E-state index contributed by atoms with van der Waals surface area (Å²) in [6.45, 7) is 1.91. The molecule has 0 spiro atoms. The Morgan fingerprint density at radius 3 is 2.58 bits per heavy atom. The lowest BCUT2D eigenvalue weighted by atomic mass is 10.0. The van der Waals surface area contributed by atoms with E-state index in [1.807, 2.05) is 0 Å². The van der Waals surface area contributed by atoms with Crippen molar-refractivity contribution in [2.45, 2.75) is 32.6 Å². The fourth-order valence-electron chi connectivity index (χ4n) is 2.88. The second-order valence-corrected chi connectivity index (χ2v) is 7.00. The molecule has 0 fully saturated rings. The number of benzene rings is 1. The number of esters is 1. The van der Waals surface area contributed by atoms with Crippen LogP contribution in [-0.2, 0) is 9.53 Å². The highest BCUT2D eigenvalue weighted by Crippen LogP contribution is 2.42. The van der Waals surface area contributed by atoms with Gasteiger partial charge in [-0.2, -0.15) is 0 Å². The number of nitro groups is 1. The molecule has 26 heavy (non-hydrogen) atoms. The van der Waals surface area contributed by atoms with Crippen LogP contribution in [0.5, 0.6) is 0 Å². The molecule has 0 bridgehead atoms. The smallest absolute Gasteiger partial charge is 0.356 e. The molecule has 0 atom stereocenters. The van der Waals surface area contributed by atoms with E-state index in [0.29, 0.717) is 5.56 Å². The quantitative estimate of drug-likeness (QED) is 0.363. The Kier molecular flexibility index (Phi) is 5.41. The van der Waals surface area contributed by atoms with Gasteiger partial charge in [0.2, 0.25) is 5.78 Å². The van der Waals surface area contributed by atoms with Gasteiger partial charge in [-0.1, -0.05) is 11.8 Å². The maximum absolute atomic E-state index is 13.0. The standard InChI is InChI=1S/C18H18N2O5S/c1-2-25-18(22)15-17(26-14-6-4-3-5-13(14)19-15)16(21)11-7-9-12(10-8-11)20(23)24/h7-10,19H,2-6H2,1H3. The van der Waals surface area contributed by atoms with Gasteiger partial charge in [0.1, 0.15) is 5.70 Å². The van der Waals surface area contributed by atoms with E-state index in [1.165, 1.54) is 36.0 Å². The minimum Gasteiger partial charge on any atom is -0.461 e. The number of hydrogen-bond acceptors (Lipinski definition) is 7. The number of carbonyl (C=O) groups is 2. The number of Topliss-reactive ketones (excluding diaryl/α,β-unsaturated/α-hetero) is 1. The largest absolute Gasteiger partial charge is 0.461 e. The number of nitro benzene ring substituents is 1. The lowest BCUT2D eigenvalue weighted by molar-refractivity contribution is -0.384. The van der Waals surface area contributed by atoms with Gasteiger partial charge in [-0.3, -0.25) is 14.9 Å². The molecule has 1 N–H and O–H groups in total. The molecule has 0 aromatic heterocycles. The van der Waals surface area contributed by atoms with E-state index in [0.717, 1.165) is 36.3 Å².